The van der Waals surface area contributed by atoms with Gasteiger partial charge in [-0.05, 0) is 19.1 Å². The Kier molecular flexibility index (Phi) is 3.76. The molecule has 1 heterocycles. The molecule has 0 aromatic heterocycles. The van der Waals surface area contributed by atoms with Gasteiger partial charge in [-0.2, -0.15) is 0 Å². The van der Waals surface area contributed by atoms with Gasteiger partial charge in [-0.25, -0.2) is 0 Å². The normalized spacial score (nSPS) is 20.4. The lowest BCUT2D eigenvalue weighted by Gasteiger charge is -2.35. The second-order valence-corrected chi connectivity index (χ2v) is 4.41. The van der Waals surface area contributed by atoms with Gasteiger partial charge in [-0.1, -0.05) is 17.7 Å². The van der Waals surface area contributed by atoms with Crippen molar-refractivity contribution in [1.29, 1.82) is 0 Å². The van der Waals surface area contributed by atoms with E-state index in [-0.39, 0.29) is 18.6 Å². The number of nitrogens with zero attached hydrogens (tertiary/aromatic N) is 1. The van der Waals surface area contributed by atoms with E-state index in [9.17, 15) is 9.90 Å². The summed E-state index contributed by atoms with van der Waals surface area (Å²) in [7, 11) is 0. The van der Waals surface area contributed by atoms with Crippen molar-refractivity contribution in [1.82, 2.24) is 10.2 Å². The fourth-order valence-electron chi connectivity index (χ4n) is 2.05. The molecule has 1 unspecified atom stereocenters. The number of hydrogen-bond donors (Lipinski definition) is 2. The Hall–Kier alpha value is -1.39. The monoisotopic (exact) mass is 234 g/mol. The fraction of sp³-hybridized carbons (Fsp3) is 0.462. The largest absolute Gasteiger partial charge is 0.394 e. The van der Waals surface area contributed by atoms with E-state index in [2.05, 4.69) is 5.32 Å². The van der Waals surface area contributed by atoms with Gasteiger partial charge in [0, 0.05) is 25.2 Å². The van der Waals surface area contributed by atoms with Gasteiger partial charge in [0.1, 0.15) is 0 Å². The summed E-state index contributed by atoms with van der Waals surface area (Å²) in [4.78, 5) is 14.0. The van der Waals surface area contributed by atoms with Gasteiger partial charge in [0.2, 0.25) is 0 Å². The van der Waals surface area contributed by atoms with Crippen molar-refractivity contribution in [2.45, 2.75) is 13.0 Å². The molecule has 1 amide bonds. The smallest absolute Gasteiger partial charge is 0.254 e. The maximum atomic E-state index is 12.3. The first-order valence-electron chi connectivity index (χ1n) is 5.91. The average Bonchev–Trinajstić information content (AvgIpc) is 2.39. The van der Waals surface area contributed by atoms with Gasteiger partial charge in [-0.15, -0.1) is 0 Å². The van der Waals surface area contributed by atoms with Crippen LogP contribution in [0.4, 0.5) is 0 Å². The van der Waals surface area contributed by atoms with Gasteiger partial charge < -0.3 is 15.3 Å². The van der Waals surface area contributed by atoms with Crippen LogP contribution in [-0.4, -0.2) is 48.2 Å². The lowest BCUT2D eigenvalue weighted by molar-refractivity contribution is 0.0536. The Morgan fingerprint density at radius 3 is 2.82 bits per heavy atom. The molecule has 1 atom stereocenters. The lowest BCUT2D eigenvalue weighted by atomic mass is 10.1. The van der Waals surface area contributed by atoms with Gasteiger partial charge in [-0.3, -0.25) is 4.79 Å². The van der Waals surface area contributed by atoms with Gasteiger partial charge in [0.05, 0.1) is 12.6 Å². The van der Waals surface area contributed by atoms with Crippen LogP contribution >= 0.6 is 0 Å². The predicted octanol–water partition coefficient (Wildman–Crippen LogP) is 0.401. The molecule has 2 N–H and O–H groups in total. The first-order chi connectivity index (χ1) is 8.22. The molecule has 0 bridgehead atoms. The zero-order valence-electron chi connectivity index (χ0n) is 10.0. The zero-order chi connectivity index (χ0) is 12.3. The molecular formula is C13H18N2O2. The molecule has 4 heteroatoms. The van der Waals surface area contributed by atoms with Crippen LogP contribution in [0, 0.1) is 6.92 Å². The third-order valence-corrected chi connectivity index (χ3v) is 3.12. The molecule has 0 radical (unpaired) electrons. The molecule has 1 aromatic carbocycles. The highest BCUT2D eigenvalue weighted by atomic mass is 16.3. The molecule has 1 fully saturated rings. The average molecular weight is 234 g/mol. The number of aliphatic hydroxyl groups is 1. The summed E-state index contributed by atoms with van der Waals surface area (Å²) >= 11 is 0. The van der Waals surface area contributed by atoms with E-state index in [1.807, 2.05) is 31.2 Å². The number of benzene rings is 1. The predicted molar refractivity (Wildman–Crippen MR) is 66.0 cm³/mol. The highest BCUT2D eigenvalue weighted by Gasteiger charge is 2.26. The van der Waals surface area contributed by atoms with Crippen molar-refractivity contribution >= 4 is 5.91 Å². The van der Waals surface area contributed by atoms with E-state index in [0.29, 0.717) is 18.7 Å². The molecule has 92 valence electrons. The van der Waals surface area contributed by atoms with Crippen molar-refractivity contribution in [3.8, 4) is 0 Å². The summed E-state index contributed by atoms with van der Waals surface area (Å²) in [6, 6.07) is 7.44. The van der Waals surface area contributed by atoms with Crippen molar-refractivity contribution in [3.05, 3.63) is 35.4 Å². The Bertz CT molecular complexity index is 389. The van der Waals surface area contributed by atoms with Crippen LogP contribution in [0.3, 0.4) is 0 Å². The first kappa shape index (κ1) is 12.1. The number of rotatable bonds is 2. The topological polar surface area (TPSA) is 52.6 Å². The summed E-state index contributed by atoms with van der Waals surface area (Å²) in [6.45, 7) is 4.10. The lowest BCUT2D eigenvalue weighted by Crippen LogP contribution is -2.55. The van der Waals surface area contributed by atoms with Crippen LogP contribution in [0.15, 0.2) is 24.3 Å². The minimum absolute atomic E-state index is 0.00456. The molecule has 0 saturated carbocycles. The first-order valence-corrected chi connectivity index (χ1v) is 5.91. The quantitative estimate of drug-likeness (QED) is 0.779. The van der Waals surface area contributed by atoms with E-state index in [1.165, 1.54) is 0 Å². The van der Waals surface area contributed by atoms with Crippen LogP contribution in [0.1, 0.15) is 15.9 Å². The number of piperazine rings is 1. The Morgan fingerprint density at radius 2 is 2.18 bits per heavy atom. The van der Waals surface area contributed by atoms with Gasteiger partial charge in [0.25, 0.3) is 5.91 Å². The van der Waals surface area contributed by atoms with E-state index in [1.54, 1.807) is 4.90 Å². The Balaban J connectivity index is 2.15. The zero-order valence-corrected chi connectivity index (χ0v) is 10.0. The number of amides is 1. The van der Waals surface area contributed by atoms with Crippen LogP contribution < -0.4 is 5.32 Å². The third-order valence-electron chi connectivity index (χ3n) is 3.12. The maximum absolute atomic E-state index is 12.3. The van der Waals surface area contributed by atoms with Crippen molar-refractivity contribution in [3.63, 3.8) is 0 Å². The Morgan fingerprint density at radius 1 is 1.47 bits per heavy atom. The standard InChI is InChI=1S/C13H18N2O2/c1-10-2-4-11(5-3-10)13(17)15-7-6-14-8-12(15)9-16/h2-5,12,14,16H,6-9H2,1H3. The molecule has 0 spiro atoms. The maximum Gasteiger partial charge on any atom is 0.254 e. The minimum Gasteiger partial charge on any atom is -0.394 e. The van der Waals surface area contributed by atoms with Crippen molar-refractivity contribution in [2.24, 2.45) is 0 Å². The summed E-state index contributed by atoms with van der Waals surface area (Å²) in [5.41, 5.74) is 1.83. The van der Waals surface area contributed by atoms with E-state index < -0.39 is 0 Å². The number of aryl methyl sites for hydroxylation is 1. The molecule has 17 heavy (non-hydrogen) atoms. The fourth-order valence-corrected chi connectivity index (χ4v) is 2.05. The molecule has 2 rings (SSSR count). The van der Waals surface area contributed by atoms with E-state index in [0.717, 1.165) is 12.1 Å². The molecule has 1 saturated heterocycles. The number of carbonyl (C=O) groups excluding carboxylic acids is 1. The number of aliphatic hydroxyl groups excluding tert-OH is 1. The third kappa shape index (κ3) is 2.65. The van der Waals surface area contributed by atoms with Crippen LogP contribution in [0.2, 0.25) is 0 Å². The van der Waals surface area contributed by atoms with Crippen LogP contribution in [0.25, 0.3) is 0 Å². The number of hydrogen-bond acceptors (Lipinski definition) is 3. The molecule has 1 aromatic rings. The molecule has 4 nitrogen and oxygen atoms in total. The minimum atomic E-state index is -0.113. The van der Waals surface area contributed by atoms with Crippen molar-refractivity contribution < 1.29 is 9.90 Å². The SMILES string of the molecule is Cc1ccc(C(=O)N2CCNCC2CO)cc1. The highest BCUT2D eigenvalue weighted by Crippen LogP contribution is 2.11. The second kappa shape index (κ2) is 5.29. The number of nitrogens with one attached hydrogen (secondary N) is 1. The number of carbonyl (C=O) groups is 1. The Labute approximate surface area is 101 Å². The summed E-state index contributed by atoms with van der Waals surface area (Å²) in [5, 5.41) is 12.4. The summed E-state index contributed by atoms with van der Waals surface area (Å²) in [6.07, 6.45) is 0. The van der Waals surface area contributed by atoms with Crippen molar-refractivity contribution in [2.75, 3.05) is 26.2 Å². The second-order valence-electron chi connectivity index (χ2n) is 4.41. The van der Waals surface area contributed by atoms with Gasteiger partial charge in [0.15, 0.2) is 0 Å². The summed E-state index contributed by atoms with van der Waals surface area (Å²) < 4.78 is 0. The van der Waals surface area contributed by atoms with E-state index in [4.69, 9.17) is 0 Å². The van der Waals surface area contributed by atoms with Gasteiger partial charge >= 0.3 is 0 Å². The van der Waals surface area contributed by atoms with E-state index >= 15 is 0 Å². The molecule has 0 aliphatic carbocycles. The molecule has 1 aliphatic rings. The van der Waals surface area contributed by atoms with Crippen LogP contribution in [-0.2, 0) is 0 Å². The highest BCUT2D eigenvalue weighted by molar-refractivity contribution is 5.94. The molecule has 1 aliphatic heterocycles. The van der Waals surface area contributed by atoms with Crippen LogP contribution in [0.5, 0.6) is 0 Å². The summed E-state index contributed by atoms with van der Waals surface area (Å²) in [5.74, 6) is 0.00514. The molecular weight excluding hydrogens is 216 g/mol.